The molecule has 0 fully saturated rings. The standard InChI is InChI=1S/C13H16O5/c1-9(7-11(12(14)15)13(16)17)18-8-10-5-3-2-4-6-10/h2-6,9,11H,7-8H2,1H3,(H,14,15)(H,16,17). The van der Waals surface area contributed by atoms with Crippen LogP contribution in [0, 0.1) is 5.92 Å². The van der Waals surface area contributed by atoms with E-state index in [1.54, 1.807) is 6.92 Å². The second kappa shape index (κ2) is 6.76. The van der Waals surface area contributed by atoms with Crippen molar-refractivity contribution in [2.75, 3.05) is 0 Å². The lowest BCUT2D eigenvalue weighted by Gasteiger charge is -2.15. The van der Waals surface area contributed by atoms with Gasteiger partial charge >= 0.3 is 11.9 Å². The summed E-state index contributed by atoms with van der Waals surface area (Å²) in [5.41, 5.74) is 0.964. The van der Waals surface area contributed by atoms with Gasteiger partial charge in [-0.05, 0) is 18.9 Å². The first-order chi connectivity index (χ1) is 8.50. The van der Waals surface area contributed by atoms with E-state index in [2.05, 4.69) is 0 Å². The van der Waals surface area contributed by atoms with E-state index in [1.807, 2.05) is 30.3 Å². The first-order valence-electron chi connectivity index (χ1n) is 5.62. The van der Waals surface area contributed by atoms with E-state index in [4.69, 9.17) is 14.9 Å². The predicted molar refractivity (Wildman–Crippen MR) is 64.1 cm³/mol. The highest BCUT2D eigenvalue weighted by Gasteiger charge is 2.27. The Morgan fingerprint density at radius 2 is 1.72 bits per heavy atom. The number of carbonyl (C=O) groups is 2. The summed E-state index contributed by atoms with van der Waals surface area (Å²) >= 11 is 0. The van der Waals surface area contributed by atoms with Gasteiger partial charge in [-0.1, -0.05) is 30.3 Å². The Hall–Kier alpha value is -1.88. The van der Waals surface area contributed by atoms with Crippen LogP contribution in [0.3, 0.4) is 0 Å². The molecule has 18 heavy (non-hydrogen) atoms. The maximum atomic E-state index is 10.7. The van der Waals surface area contributed by atoms with Gasteiger partial charge in [0.25, 0.3) is 0 Å². The van der Waals surface area contributed by atoms with Gasteiger partial charge in [-0.15, -0.1) is 0 Å². The summed E-state index contributed by atoms with van der Waals surface area (Å²) in [6.07, 6.45) is -0.472. The number of hydrogen-bond acceptors (Lipinski definition) is 3. The van der Waals surface area contributed by atoms with Gasteiger partial charge < -0.3 is 14.9 Å². The van der Waals surface area contributed by atoms with Gasteiger partial charge in [0, 0.05) is 0 Å². The lowest BCUT2D eigenvalue weighted by Crippen LogP contribution is -2.27. The molecule has 1 aromatic carbocycles. The number of benzene rings is 1. The number of ether oxygens (including phenoxy) is 1. The van der Waals surface area contributed by atoms with Crippen molar-refractivity contribution in [3.63, 3.8) is 0 Å². The fourth-order valence-electron chi connectivity index (χ4n) is 1.52. The summed E-state index contributed by atoms with van der Waals surface area (Å²) < 4.78 is 5.43. The normalized spacial score (nSPS) is 12.3. The van der Waals surface area contributed by atoms with Gasteiger partial charge in [-0.2, -0.15) is 0 Å². The Morgan fingerprint density at radius 3 is 2.22 bits per heavy atom. The van der Waals surface area contributed by atoms with Gasteiger partial charge in [0.05, 0.1) is 12.7 Å². The second-order valence-corrected chi connectivity index (χ2v) is 4.07. The van der Waals surface area contributed by atoms with E-state index >= 15 is 0 Å². The van der Waals surface area contributed by atoms with Crippen LogP contribution in [-0.2, 0) is 20.9 Å². The van der Waals surface area contributed by atoms with E-state index in [1.165, 1.54) is 0 Å². The fraction of sp³-hybridized carbons (Fsp3) is 0.385. The molecular weight excluding hydrogens is 236 g/mol. The number of hydrogen-bond donors (Lipinski definition) is 2. The Kier molecular flexibility index (Phi) is 5.32. The zero-order valence-electron chi connectivity index (χ0n) is 10.1. The second-order valence-electron chi connectivity index (χ2n) is 4.07. The maximum absolute atomic E-state index is 10.7. The zero-order chi connectivity index (χ0) is 13.5. The lowest BCUT2D eigenvalue weighted by atomic mass is 10.0. The minimum Gasteiger partial charge on any atom is -0.481 e. The topological polar surface area (TPSA) is 83.8 Å². The van der Waals surface area contributed by atoms with Crippen LogP contribution in [-0.4, -0.2) is 28.3 Å². The summed E-state index contributed by atoms with van der Waals surface area (Å²) in [7, 11) is 0. The molecule has 0 amide bonds. The molecule has 0 radical (unpaired) electrons. The van der Waals surface area contributed by atoms with Gasteiger partial charge in [-0.25, -0.2) is 0 Å². The molecule has 0 saturated heterocycles. The third-order valence-corrected chi connectivity index (χ3v) is 2.54. The Balaban J connectivity index is 2.44. The Labute approximate surface area is 105 Å². The molecule has 0 aromatic heterocycles. The first kappa shape index (κ1) is 14.2. The highest BCUT2D eigenvalue weighted by atomic mass is 16.5. The van der Waals surface area contributed by atoms with E-state index in [0.29, 0.717) is 6.61 Å². The van der Waals surface area contributed by atoms with Crippen LogP contribution in [0.2, 0.25) is 0 Å². The average molecular weight is 252 g/mol. The molecule has 5 nitrogen and oxygen atoms in total. The summed E-state index contributed by atoms with van der Waals surface area (Å²) in [6, 6.07) is 9.41. The molecule has 1 aromatic rings. The molecule has 98 valence electrons. The number of carboxylic acid groups (broad SMARTS) is 2. The molecule has 1 atom stereocenters. The van der Waals surface area contributed by atoms with Crippen LogP contribution in [0.5, 0.6) is 0 Å². The average Bonchev–Trinajstić information content (AvgIpc) is 2.34. The Bertz CT molecular complexity index is 387. The molecule has 0 aliphatic rings. The molecule has 1 rings (SSSR count). The van der Waals surface area contributed by atoms with Crippen molar-refractivity contribution in [3.05, 3.63) is 35.9 Å². The van der Waals surface area contributed by atoms with Crippen LogP contribution < -0.4 is 0 Å². The zero-order valence-corrected chi connectivity index (χ0v) is 10.1. The van der Waals surface area contributed by atoms with Crippen molar-refractivity contribution in [2.45, 2.75) is 26.1 Å². The maximum Gasteiger partial charge on any atom is 0.317 e. The van der Waals surface area contributed by atoms with E-state index in [-0.39, 0.29) is 6.42 Å². The van der Waals surface area contributed by atoms with Crippen LogP contribution in [0.4, 0.5) is 0 Å². The summed E-state index contributed by atoms with van der Waals surface area (Å²) in [6.45, 7) is 2.01. The minimum absolute atomic E-state index is 0.0441. The smallest absolute Gasteiger partial charge is 0.317 e. The molecular formula is C13H16O5. The summed E-state index contributed by atoms with van der Waals surface area (Å²) in [5, 5.41) is 17.5. The first-order valence-corrected chi connectivity index (χ1v) is 5.62. The van der Waals surface area contributed by atoms with Gasteiger partial charge in [0.2, 0.25) is 0 Å². The van der Waals surface area contributed by atoms with Gasteiger partial charge in [0.1, 0.15) is 0 Å². The number of rotatable bonds is 7. The van der Waals surface area contributed by atoms with Crippen molar-refractivity contribution in [3.8, 4) is 0 Å². The van der Waals surface area contributed by atoms with Crippen LogP contribution in [0.25, 0.3) is 0 Å². The van der Waals surface area contributed by atoms with Crippen LogP contribution >= 0.6 is 0 Å². The number of carboxylic acids is 2. The summed E-state index contributed by atoms with van der Waals surface area (Å²) in [5.74, 6) is -4.09. The van der Waals surface area contributed by atoms with Crippen LogP contribution in [0.15, 0.2) is 30.3 Å². The van der Waals surface area contributed by atoms with Crippen LogP contribution in [0.1, 0.15) is 18.9 Å². The third kappa shape index (κ3) is 4.55. The molecule has 0 aliphatic carbocycles. The lowest BCUT2D eigenvalue weighted by molar-refractivity contribution is -0.156. The van der Waals surface area contributed by atoms with Crippen molar-refractivity contribution in [1.29, 1.82) is 0 Å². The molecule has 0 bridgehead atoms. The van der Waals surface area contributed by atoms with Crippen molar-refractivity contribution < 1.29 is 24.5 Å². The SMILES string of the molecule is CC(CC(C(=O)O)C(=O)O)OCc1ccccc1. The van der Waals surface area contributed by atoms with E-state index in [9.17, 15) is 9.59 Å². The van der Waals surface area contributed by atoms with Crippen molar-refractivity contribution >= 4 is 11.9 Å². The fourth-order valence-corrected chi connectivity index (χ4v) is 1.52. The molecule has 1 unspecified atom stereocenters. The minimum atomic E-state index is -1.42. The number of aliphatic carboxylic acids is 2. The van der Waals surface area contributed by atoms with E-state index in [0.717, 1.165) is 5.56 Å². The monoisotopic (exact) mass is 252 g/mol. The Morgan fingerprint density at radius 1 is 1.17 bits per heavy atom. The predicted octanol–water partition coefficient (Wildman–Crippen LogP) is 1.77. The molecule has 0 aliphatic heterocycles. The molecule has 0 saturated carbocycles. The highest BCUT2D eigenvalue weighted by Crippen LogP contribution is 2.12. The van der Waals surface area contributed by atoms with Crippen molar-refractivity contribution in [2.24, 2.45) is 5.92 Å². The van der Waals surface area contributed by atoms with Gasteiger partial charge in [0.15, 0.2) is 5.92 Å². The highest BCUT2D eigenvalue weighted by molar-refractivity contribution is 5.92. The molecule has 5 heteroatoms. The molecule has 0 heterocycles. The molecule has 2 N–H and O–H groups in total. The molecule has 0 spiro atoms. The summed E-state index contributed by atoms with van der Waals surface area (Å²) in [4.78, 5) is 21.4. The largest absolute Gasteiger partial charge is 0.481 e. The third-order valence-electron chi connectivity index (χ3n) is 2.54. The quantitative estimate of drug-likeness (QED) is 0.722. The van der Waals surface area contributed by atoms with E-state index < -0.39 is 24.0 Å². The van der Waals surface area contributed by atoms with Crippen molar-refractivity contribution in [1.82, 2.24) is 0 Å². The van der Waals surface area contributed by atoms with Gasteiger partial charge in [-0.3, -0.25) is 9.59 Å².